The van der Waals surface area contributed by atoms with E-state index in [0.29, 0.717) is 12.0 Å². The standard InChI is InChI=1S/C14H20FNO2/c1-4-7-13(14(17)18)16(3)10(2)11-8-5-6-9-12(11)15/h5-6,8-10,13H,4,7H2,1-3H3,(H,17,18). The Labute approximate surface area is 107 Å². The number of nitrogens with zero attached hydrogens (tertiary/aromatic N) is 1. The molecule has 0 aliphatic heterocycles. The van der Waals surface area contributed by atoms with Gasteiger partial charge in [0.15, 0.2) is 0 Å². The molecule has 0 bridgehead atoms. The third kappa shape index (κ3) is 3.29. The molecule has 2 unspecified atom stereocenters. The van der Waals surface area contributed by atoms with Crippen LogP contribution < -0.4 is 0 Å². The molecule has 0 radical (unpaired) electrons. The summed E-state index contributed by atoms with van der Waals surface area (Å²) in [5.41, 5.74) is 0.530. The Bertz CT molecular complexity index is 409. The molecule has 1 aromatic rings. The molecule has 2 atom stereocenters. The quantitative estimate of drug-likeness (QED) is 0.847. The summed E-state index contributed by atoms with van der Waals surface area (Å²) in [5, 5.41) is 9.20. The minimum atomic E-state index is -0.859. The molecule has 0 aliphatic rings. The molecule has 0 aliphatic carbocycles. The van der Waals surface area contributed by atoms with E-state index in [-0.39, 0.29) is 11.9 Å². The van der Waals surface area contributed by atoms with Gasteiger partial charge in [-0.25, -0.2) is 4.39 Å². The van der Waals surface area contributed by atoms with Crippen LogP contribution in [-0.4, -0.2) is 29.1 Å². The van der Waals surface area contributed by atoms with E-state index in [1.807, 2.05) is 13.8 Å². The maximum atomic E-state index is 13.7. The Kier molecular flexibility index (Phi) is 5.28. The Morgan fingerprint density at radius 1 is 1.44 bits per heavy atom. The lowest BCUT2D eigenvalue weighted by Crippen LogP contribution is -2.40. The first kappa shape index (κ1) is 14.6. The molecule has 100 valence electrons. The van der Waals surface area contributed by atoms with Crippen LogP contribution in [0.1, 0.15) is 38.3 Å². The minimum Gasteiger partial charge on any atom is -0.480 e. The molecule has 0 spiro atoms. The minimum absolute atomic E-state index is 0.265. The number of carboxylic acids is 1. The molecule has 0 aromatic heterocycles. The number of benzene rings is 1. The van der Waals surface area contributed by atoms with Gasteiger partial charge in [-0.1, -0.05) is 31.5 Å². The summed E-state index contributed by atoms with van der Waals surface area (Å²) in [5.74, 6) is -1.15. The van der Waals surface area contributed by atoms with Gasteiger partial charge in [-0.3, -0.25) is 9.69 Å². The Morgan fingerprint density at radius 3 is 2.56 bits per heavy atom. The van der Waals surface area contributed by atoms with Crippen LogP contribution in [0.25, 0.3) is 0 Å². The summed E-state index contributed by atoms with van der Waals surface area (Å²) in [7, 11) is 1.73. The molecular weight excluding hydrogens is 233 g/mol. The van der Waals surface area contributed by atoms with Crippen molar-refractivity contribution in [2.24, 2.45) is 0 Å². The van der Waals surface area contributed by atoms with Crippen molar-refractivity contribution in [1.82, 2.24) is 4.90 Å². The number of hydrogen-bond donors (Lipinski definition) is 1. The lowest BCUT2D eigenvalue weighted by molar-refractivity contribution is -0.143. The predicted molar refractivity (Wildman–Crippen MR) is 68.9 cm³/mol. The van der Waals surface area contributed by atoms with E-state index in [0.717, 1.165) is 6.42 Å². The monoisotopic (exact) mass is 253 g/mol. The second-order valence-electron chi connectivity index (χ2n) is 4.51. The lowest BCUT2D eigenvalue weighted by atomic mass is 10.0. The number of halogens is 1. The number of carboxylic acid groups (broad SMARTS) is 1. The van der Waals surface area contributed by atoms with Crippen LogP contribution in [-0.2, 0) is 4.79 Å². The highest BCUT2D eigenvalue weighted by Crippen LogP contribution is 2.24. The second kappa shape index (κ2) is 6.50. The van der Waals surface area contributed by atoms with Gasteiger partial charge >= 0.3 is 5.97 Å². The summed E-state index contributed by atoms with van der Waals surface area (Å²) >= 11 is 0. The average molecular weight is 253 g/mol. The van der Waals surface area contributed by atoms with Crippen molar-refractivity contribution in [3.05, 3.63) is 35.6 Å². The van der Waals surface area contributed by atoms with Crippen LogP contribution in [0.2, 0.25) is 0 Å². The van der Waals surface area contributed by atoms with E-state index in [1.165, 1.54) is 6.07 Å². The van der Waals surface area contributed by atoms with E-state index >= 15 is 0 Å². The number of carbonyl (C=O) groups is 1. The van der Waals surface area contributed by atoms with Gasteiger partial charge in [-0.15, -0.1) is 0 Å². The molecule has 0 fully saturated rings. The zero-order valence-corrected chi connectivity index (χ0v) is 11.1. The van der Waals surface area contributed by atoms with Gasteiger partial charge in [-0.05, 0) is 26.5 Å². The SMILES string of the molecule is CCCC(C(=O)O)N(C)C(C)c1ccccc1F. The van der Waals surface area contributed by atoms with Crippen LogP contribution in [0.15, 0.2) is 24.3 Å². The fraction of sp³-hybridized carbons (Fsp3) is 0.500. The zero-order valence-electron chi connectivity index (χ0n) is 11.1. The van der Waals surface area contributed by atoms with Gasteiger partial charge in [0.05, 0.1) is 0 Å². The molecule has 1 rings (SSSR count). The second-order valence-corrected chi connectivity index (χ2v) is 4.51. The maximum absolute atomic E-state index is 13.7. The van der Waals surface area contributed by atoms with Crippen molar-refractivity contribution in [2.45, 2.75) is 38.8 Å². The fourth-order valence-electron chi connectivity index (χ4n) is 2.08. The Balaban J connectivity index is 2.91. The topological polar surface area (TPSA) is 40.5 Å². The molecule has 18 heavy (non-hydrogen) atoms. The van der Waals surface area contributed by atoms with Crippen molar-refractivity contribution in [3.63, 3.8) is 0 Å². The van der Waals surface area contributed by atoms with Gasteiger partial charge in [0.1, 0.15) is 11.9 Å². The number of hydrogen-bond acceptors (Lipinski definition) is 2. The van der Waals surface area contributed by atoms with Crippen molar-refractivity contribution < 1.29 is 14.3 Å². The normalized spacial score (nSPS) is 14.5. The first-order valence-corrected chi connectivity index (χ1v) is 6.18. The first-order valence-electron chi connectivity index (χ1n) is 6.18. The zero-order chi connectivity index (χ0) is 13.7. The summed E-state index contributed by atoms with van der Waals surface area (Å²) in [6, 6.07) is 5.64. The van der Waals surface area contributed by atoms with Gasteiger partial charge in [-0.2, -0.15) is 0 Å². The van der Waals surface area contributed by atoms with Gasteiger partial charge in [0.2, 0.25) is 0 Å². The molecule has 0 amide bonds. The summed E-state index contributed by atoms with van der Waals surface area (Å²) in [6.45, 7) is 3.77. The van der Waals surface area contributed by atoms with Crippen molar-refractivity contribution in [2.75, 3.05) is 7.05 Å². The highest BCUT2D eigenvalue weighted by atomic mass is 19.1. The number of rotatable bonds is 6. The lowest BCUT2D eigenvalue weighted by Gasteiger charge is -2.30. The summed E-state index contributed by atoms with van der Waals surface area (Å²) in [4.78, 5) is 12.9. The van der Waals surface area contributed by atoms with Crippen LogP contribution in [0.3, 0.4) is 0 Å². The van der Waals surface area contributed by atoms with E-state index in [2.05, 4.69) is 0 Å². The highest BCUT2D eigenvalue weighted by Gasteiger charge is 2.27. The molecule has 0 saturated heterocycles. The molecular formula is C14H20FNO2. The molecule has 1 N–H and O–H groups in total. The maximum Gasteiger partial charge on any atom is 0.320 e. The van der Waals surface area contributed by atoms with Crippen LogP contribution >= 0.6 is 0 Å². The smallest absolute Gasteiger partial charge is 0.320 e. The van der Waals surface area contributed by atoms with Gasteiger partial charge in [0, 0.05) is 11.6 Å². The van der Waals surface area contributed by atoms with Crippen LogP contribution in [0, 0.1) is 5.82 Å². The molecule has 3 nitrogen and oxygen atoms in total. The van der Waals surface area contributed by atoms with Crippen molar-refractivity contribution in [3.8, 4) is 0 Å². The molecule has 0 heterocycles. The van der Waals surface area contributed by atoms with Crippen molar-refractivity contribution >= 4 is 5.97 Å². The van der Waals surface area contributed by atoms with E-state index < -0.39 is 12.0 Å². The predicted octanol–water partition coefficient (Wildman–Crippen LogP) is 3.07. The third-order valence-corrected chi connectivity index (χ3v) is 3.31. The first-order chi connectivity index (χ1) is 8.49. The highest BCUT2D eigenvalue weighted by molar-refractivity contribution is 5.73. The largest absolute Gasteiger partial charge is 0.480 e. The van der Waals surface area contributed by atoms with Gasteiger partial charge in [0.25, 0.3) is 0 Å². The Hall–Kier alpha value is -1.42. The Morgan fingerprint density at radius 2 is 2.06 bits per heavy atom. The summed E-state index contributed by atoms with van der Waals surface area (Å²) < 4.78 is 13.7. The molecule has 0 saturated carbocycles. The van der Waals surface area contributed by atoms with E-state index in [4.69, 9.17) is 0 Å². The van der Waals surface area contributed by atoms with Crippen LogP contribution in [0.5, 0.6) is 0 Å². The molecule has 1 aromatic carbocycles. The third-order valence-electron chi connectivity index (χ3n) is 3.31. The van der Waals surface area contributed by atoms with Gasteiger partial charge < -0.3 is 5.11 Å². The number of aliphatic carboxylic acids is 1. The summed E-state index contributed by atoms with van der Waals surface area (Å²) in [6.07, 6.45) is 1.34. The molecule has 4 heteroatoms. The van der Waals surface area contributed by atoms with E-state index in [9.17, 15) is 14.3 Å². The van der Waals surface area contributed by atoms with Crippen LogP contribution in [0.4, 0.5) is 4.39 Å². The fourth-order valence-corrected chi connectivity index (χ4v) is 2.08. The van der Waals surface area contributed by atoms with Crippen molar-refractivity contribution in [1.29, 1.82) is 0 Å². The average Bonchev–Trinajstić information content (AvgIpc) is 2.34. The van der Waals surface area contributed by atoms with E-state index in [1.54, 1.807) is 30.1 Å². The number of likely N-dealkylation sites (N-methyl/N-ethyl adjacent to an activating group) is 1.